The summed E-state index contributed by atoms with van der Waals surface area (Å²) in [6, 6.07) is 0. The van der Waals surface area contributed by atoms with Crippen LogP contribution in [0.4, 0.5) is 0 Å². The van der Waals surface area contributed by atoms with E-state index in [1.165, 1.54) is 96.3 Å². The van der Waals surface area contributed by atoms with Crippen LogP contribution in [0.5, 0.6) is 0 Å². The molecule has 0 aromatic carbocycles. The van der Waals surface area contributed by atoms with Crippen molar-refractivity contribution >= 4 is 19.7 Å². The third-order valence-electron chi connectivity index (χ3n) is 7.45. The van der Waals surface area contributed by atoms with E-state index in [9.17, 15) is 24.2 Å². The van der Waals surface area contributed by atoms with Crippen molar-refractivity contribution in [3.63, 3.8) is 0 Å². The molecule has 0 fully saturated rings. The molecule has 0 aliphatic heterocycles. The fourth-order valence-electron chi connectivity index (χ4n) is 4.73. The fourth-order valence-corrected chi connectivity index (χ4v) is 5.48. The van der Waals surface area contributed by atoms with Crippen molar-refractivity contribution in [3.05, 3.63) is 12.2 Å². The normalized spacial score (nSPS) is 13.6. The minimum atomic E-state index is -4.39. The molecule has 0 aromatic heterocycles. The van der Waals surface area contributed by atoms with Crippen LogP contribution in [0.15, 0.2) is 12.2 Å². The van der Waals surface area contributed by atoms with E-state index in [-0.39, 0.29) is 32.1 Å². The van der Waals surface area contributed by atoms with Crippen molar-refractivity contribution in [1.29, 1.82) is 0 Å². The quantitative estimate of drug-likeness (QED) is 0.0279. The monoisotopic (exact) mass is 647 g/mol. The number of hydrogen-bond acceptors (Lipinski definition) is 7. The molecule has 1 amide bonds. The third-order valence-corrected chi connectivity index (χ3v) is 8.43. The number of aliphatic hydroxyl groups is 1. The summed E-state index contributed by atoms with van der Waals surface area (Å²) < 4.78 is 26.6. The first-order valence-corrected chi connectivity index (χ1v) is 19.2. The summed E-state index contributed by atoms with van der Waals surface area (Å²) in [7, 11) is -4.39. The predicted molar refractivity (Wildman–Crippen MR) is 178 cm³/mol. The van der Waals surface area contributed by atoms with E-state index in [0.29, 0.717) is 6.42 Å². The first-order valence-electron chi connectivity index (χ1n) is 17.7. The van der Waals surface area contributed by atoms with Crippen LogP contribution in [-0.4, -0.2) is 54.3 Å². The molecule has 260 valence electrons. The molecule has 2 atom stereocenters. The van der Waals surface area contributed by atoms with Crippen molar-refractivity contribution in [2.24, 2.45) is 0 Å². The number of allylic oxidation sites excluding steroid dienone is 2. The molecule has 0 aliphatic carbocycles. The minimum absolute atomic E-state index is 0.0831. The molecule has 9 nitrogen and oxygen atoms in total. The number of ether oxygens (including phenoxy) is 1. The van der Waals surface area contributed by atoms with Crippen LogP contribution in [0, 0.1) is 0 Å². The highest BCUT2D eigenvalue weighted by Gasteiger charge is 2.23. The maximum atomic E-state index is 12.0. The number of unbranched alkanes of at least 4 members (excludes halogenated alkanes) is 18. The second-order valence-electron chi connectivity index (χ2n) is 11.8. The Balaban J connectivity index is 3.60. The van der Waals surface area contributed by atoms with Crippen LogP contribution in [0.25, 0.3) is 0 Å². The maximum Gasteiger partial charge on any atom is 0.472 e. The van der Waals surface area contributed by atoms with Crippen molar-refractivity contribution in [1.82, 2.24) is 5.32 Å². The molecular weight excluding hydrogens is 581 g/mol. The maximum absolute atomic E-state index is 12.0. The van der Waals surface area contributed by atoms with E-state index in [2.05, 4.69) is 31.3 Å². The lowest BCUT2D eigenvalue weighted by Gasteiger charge is -2.15. The predicted octanol–water partition coefficient (Wildman–Crippen LogP) is 8.71. The minimum Gasteiger partial charge on any atom is -0.463 e. The molecule has 2 unspecified atom stereocenters. The Bertz CT molecular complexity index is 749. The number of phosphoric acid groups is 1. The number of carbonyl (C=O) groups excluding carboxylic acids is 2. The second kappa shape index (κ2) is 31.7. The Hall–Kier alpha value is -1.25. The summed E-state index contributed by atoms with van der Waals surface area (Å²) in [5, 5.41) is 12.6. The number of aliphatic hydroxyl groups excluding tert-OH is 1. The Labute approximate surface area is 268 Å². The molecule has 10 heteroatoms. The summed E-state index contributed by atoms with van der Waals surface area (Å²) in [6.07, 6.45) is 28.8. The van der Waals surface area contributed by atoms with E-state index in [1.54, 1.807) is 0 Å². The number of nitrogens with one attached hydrogen (secondary N) is 1. The Morgan fingerprint density at radius 1 is 0.682 bits per heavy atom. The zero-order chi connectivity index (χ0) is 32.6. The van der Waals surface area contributed by atoms with Crippen LogP contribution >= 0.6 is 7.82 Å². The molecule has 0 bridgehead atoms. The van der Waals surface area contributed by atoms with Gasteiger partial charge in [0.15, 0.2) is 0 Å². The fraction of sp³-hybridized carbons (Fsp3) is 0.882. The van der Waals surface area contributed by atoms with Crippen LogP contribution in [0.2, 0.25) is 0 Å². The Morgan fingerprint density at radius 2 is 1.16 bits per heavy atom. The van der Waals surface area contributed by atoms with Gasteiger partial charge in [0.2, 0.25) is 5.91 Å². The molecule has 44 heavy (non-hydrogen) atoms. The molecule has 0 aliphatic rings. The zero-order valence-corrected chi connectivity index (χ0v) is 29.0. The standard InChI is InChI=1S/C34H66NO8P/c1-3-5-7-9-11-12-13-14-15-16-17-18-19-20-21-23-25-27-34(38)41-30-32(36)31-43-44(39,40)42-29-28-35-33(37)26-24-22-10-8-6-4-2/h14-15,32,36H,3-13,16-31H2,1-2H3,(H,35,37)(H,39,40)/b15-14-. The van der Waals surface area contributed by atoms with Gasteiger partial charge in [0.25, 0.3) is 0 Å². The highest BCUT2D eigenvalue weighted by Crippen LogP contribution is 2.42. The summed E-state index contributed by atoms with van der Waals surface area (Å²) in [4.78, 5) is 33.5. The highest BCUT2D eigenvalue weighted by atomic mass is 31.2. The largest absolute Gasteiger partial charge is 0.472 e. The number of esters is 1. The number of rotatable bonds is 33. The third kappa shape index (κ3) is 32.2. The van der Waals surface area contributed by atoms with Crippen LogP contribution < -0.4 is 5.32 Å². The number of phosphoric ester groups is 1. The first kappa shape index (κ1) is 42.8. The lowest BCUT2D eigenvalue weighted by molar-refractivity contribution is -0.147. The van der Waals surface area contributed by atoms with Crippen LogP contribution in [0.1, 0.15) is 162 Å². The molecule has 0 saturated heterocycles. The molecule has 0 saturated carbocycles. The van der Waals surface area contributed by atoms with E-state index < -0.39 is 26.5 Å². The van der Waals surface area contributed by atoms with E-state index in [1.807, 2.05) is 0 Å². The molecule has 0 radical (unpaired) electrons. The number of hydrogen-bond donors (Lipinski definition) is 3. The first-order chi connectivity index (χ1) is 21.3. The molecule has 0 rings (SSSR count). The summed E-state index contributed by atoms with van der Waals surface area (Å²) in [5.41, 5.74) is 0. The lowest BCUT2D eigenvalue weighted by atomic mass is 10.1. The highest BCUT2D eigenvalue weighted by molar-refractivity contribution is 7.47. The second-order valence-corrected chi connectivity index (χ2v) is 13.3. The van der Waals surface area contributed by atoms with Gasteiger partial charge in [-0.15, -0.1) is 0 Å². The molecule has 0 heterocycles. The van der Waals surface area contributed by atoms with Crippen molar-refractivity contribution in [3.8, 4) is 0 Å². The average Bonchev–Trinajstić information content (AvgIpc) is 3.00. The van der Waals surface area contributed by atoms with Crippen molar-refractivity contribution in [2.45, 2.75) is 168 Å². The molecular formula is C34H66NO8P. The number of amides is 1. The van der Waals surface area contributed by atoms with Crippen LogP contribution in [0.3, 0.4) is 0 Å². The average molecular weight is 648 g/mol. The van der Waals surface area contributed by atoms with Gasteiger partial charge in [-0.2, -0.15) is 0 Å². The lowest BCUT2D eigenvalue weighted by Crippen LogP contribution is -2.27. The summed E-state index contributed by atoms with van der Waals surface area (Å²) >= 11 is 0. The van der Waals surface area contributed by atoms with E-state index in [0.717, 1.165) is 38.5 Å². The van der Waals surface area contributed by atoms with Gasteiger partial charge in [0.05, 0.1) is 13.2 Å². The van der Waals surface area contributed by atoms with E-state index >= 15 is 0 Å². The van der Waals surface area contributed by atoms with Gasteiger partial charge in [-0.05, 0) is 38.5 Å². The summed E-state index contributed by atoms with van der Waals surface area (Å²) in [5.74, 6) is -0.528. The van der Waals surface area contributed by atoms with Crippen molar-refractivity contribution in [2.75, 3.05) is 26.4 Å². The van der Waals surface area contributed by atoms with Gasteiger partial charge < -0.3 is 20.1 Å². The molecule has 3 N–H and O–H groups in total. The smallest absolute Gasteiger partial charge is 0.463 e. The van der Waals surface area contributed by atoms with Gasteiger partial charge >= 0.3 is 13.8 Å². The van der Waals surface area contributed by atoms with E-state index in [4.69, 9.17) is 13.8 Å². The van der Waals surface area contributed by atoms with Gasteiger partial charge in [-0.3, -0.25) is 18.6 Å². The van der Waals surface area contributed by atoms with Crippen LogP contribution in [-0.2, 0) is 27.9 Å². The van der Waals surface area contributed by atoms with Crippen molar-refractivity contribution < 1.29 is 37.9 Å². The SMILES string of the molecule is CCCCCCCC/C=C\CCCCCCCCCC(=O)OCC(O)COP(=O)(O)OCCNC(=O)CCCCCCCC. The van der Waals surface area contributed by atoms with Gasteiger partial charge in [-0.25, -0.2) is 4.57 Å². The zero-order valence-electron chi connectivity index (χ0n) is 28.1. The Morgan fingerprint density at radius 3 is 1.70 bits per heavy atom. The van der Waals surface area contributed by atoms with Gasteiger partial charge in [0, 0.05) is 19.4 Å². The number of carbonyl (C=O) groups is 2. The molecule has 0 spiro atoms. The van der Waals surface area contributed by atoms with Gasteiger partial charge in [0.1, 0.15) is 12.7 Å². The topological polar surface area (TPSA) is 131 Å². The molecule has 0 aromatic rings. The Kier molecular flexibility index (Phi) is 30.8. The van der Waals surface area contributed by atoms with Gasteiger partial charge in [-0.1, -0.05) is 122 Å². The summed E-state index contributed by atoms with van der Waals surface area (Å²) in [6.45, 7) is 3.47.